The Balaban J connectivity index is 2.24. The van der Waals surface area contributed by atoms with E-state index in [-0.39, 0.29) is 0 Å². The summed E-state index contributed by atoms with van der Waals surface area (Å²) in [6.45, 7) is 11.6. The second-order valence-electron chi connectivity index (χ2n) is 4.90. The molecule has 0 aliphatic carbocycles. The molecule has 0 saturated heterocycles. The Kier molecular flexibility index (Phi) is 8.78. The summed E-state index contributed by atoms with van der Waals surface area (Å²) in [4.78, 5) is 1.63. The maximum Gasteiger partial charge on any atom is 0.170 e. The Hall–Kier alpha value is -1.33. The quantitative estimate of drug-likeness (QED) is 0.479. The fraction of sp³-hybridized carbons (Fsp3) is 0.562. The summed E-state index contributed by atoms with van der Waals surface area (Å²) in [7, 11) is 0. The molecule has 21 heavy (non-hydrogen) atoms. The molecule has 0 aliphatic rings. The molecule has 0 heterocycles. The van der Waals surface area contributed by atoms with Crippen molar-refractivity contribution in [1.82, 2.24) is 5.32 Å². The zero-order chi connectivity index (χ0) is 15.5. The molecule has 0 spiro atoms. The van der Waals surface area contributed by atoms with E-state index >= 15 is 0 Å². The number of quaternary nitrogens is 1. The van der Waals surface area contributed by atoms with Gasteiger partial charge >= 0.3 is 0 Å². The summed E-state index contributed by atoms with van der Waals surface area (Å²) in [5, 5.41) is 7.11. The Morgan fingerprint density at radius 1 is 1.14 bits per heavy atom. The van der Waals surface area contributed by atoms with Crippen molar-refractivity contribution < 1.29 is 9.64 Å². The van der Waals surface area contributed by atoms with E-state index in [1.807, 2.05) is 31.2 Å². The summed E-state index contributed by atoms with van der Waals surface area (Å²) < 4.78 is 5.41. The van der Waals surface area contributed by atoms with Crippen LogP contribution in [-0.2, 0) is 0 Å². The minimum absolute atomic E-state index is 0.675. The highest BCUT2D eigenvalue weighted by Gasteiger charge is 2.02. The molecular weight excluding hydrogens is 282 g/mol. The van der Waals surface area contributed by atoms with Gasteiger partial charge in [0.1, 0.15) is 5.75 Å². The van der Waals surface area contributed by atoms with Gasteiger partial charge in [-0.25, -0.2) is 0 Å². The van der Waals surface area contributed by atoms with Gasteiger partial charge in [-0.3, -0.25) is 0 Å². The van der Waals surface area contributed by atoms with Crippen molar-refractivity contribution in [2.75, 3.05) is 38.1 Å². The van der Waals surface area contributed by atoms with Gasteiger partial charge in [0.15, 0.2) is 5.11 Å². The van der Waals surface area contributed by atoms with Crippen molar-refractivity contribution in [3.05, 3.63) is 24.3 Å². The van der Waals surface area contributed by atoms with Gasteiger partial charge in [0, 0.05) is 18.7 Å². The van der Waals surface area contributed by atoms with E-state index in [0.29, 0.717) is 11.7 Å². The lowest BCUT2D eigenvalue weighted by atomic mass is 10.3. The van der Waals surface area contributed by atoms with Crippen molar-refractivity contribution in [2.24, 2.45) is 0 Å². The summed E-state index contributed by atoms with van der Waals surface area (Å²) in [5.41, 5.74) is 0.977. The normalized spacial score (nSPS) is 10.5. The smallest absolute Gasteiger partial charge is 0.170 e. The fourth-order valence-corrected chi connectivity index (χ4v) is 2.34. The van der Waals surface area contributed by atoms with Gasteiger partial charge in [-0.15, -0.1) is 0 Å². The molecule has 0 radical (unpaired) electrons. The van der Waals surface area contributed by atoms with Gasteiger partial charge < -0.3 is 20.3 Å². The topological polar surface area (TPSA) is 37.7 Å². The van der Waals surface area contributed by atoms with Crippen LogP contribution < -0.4 is 20.3 Å². The van der Waals surface area contributed by atoms with Crippen LogP contribution in [0.15, 0.2) is 24.3 Å². The third kappa shape index (κ3) is 7.29. The van der Waals surface area contributed by atoms with Crippen molar-refractivity contribution in [3.8, 4) is 5.75 Å². The zero-order valence-electron chi connectivity index (χ0n) is 13.4. The number of ether oxygens (including phenoxy) is 1. The van der Waals surface area contributed by atoms with Crippen LogP contribution in [0.2, 0.25) is 0 Å². The lowest BCUT2D eigenvalue weighted by molar-refractivity contribution is -0.896. The minimum atomic E-state index is 0.675. The van der Waals surface area contributed by atoms with Crippen molar-refractivity contribution in [1.29, 1.82) is 0 Å². The molecule has 1 rings (SSSR count). The summed E-state index contributed by atoms with van der Waals surface area (Å²) in [6.07, 6.45) is 1.13. The summed E-state index contributed by atoms with van der Waals surface area (Å²) >= 11 is 5.30. The van der Waals surface area contributed by atoms with E-state index in [0.717, 1.165) is 24.4 Å². The molecule has 5 heteroatoms. The van der Waals surface area contributed by atoms with E-state index in [1.165, 1.54) is 19.6 Å². The molecule has 1 aromatic carbocycles. The molecule has 118 valence electrons. The van der Waals surface area contributed by atoms with Crippen LogP contribution >= 0.6 is 12.2 Å². The average Bonchev–Trinajstić information content (AvgIpc) is 2.50. The van der Waals surface area contributed by atoms with Gasteiger partial charge in [-0.1, -0.05) is 0 Å². The Labute approximate surface area is 133 Å². The molecule has 1 aromatic rings. The first-order chi connectivity index (χ1) is 10.2. The van der Waals surface area contributed by atoms with E-state index < -0.39 is 0 Å². The molecule has 0 bridgehead atoms. The van der Waals surface area contributed by atoms with Crippen LogP contribution in [0.25, 0.3) is 0 Å². The average molecular weight is 310 g/mol. The van der Waals surface area contributed by atoms with E-state index in [9.17, 15) is 0 Å². The Morgan fingerprint density at radius 3 is 2.38 bits per heavy atom. The number of hydrogen-bond acceptors (Lipinski definition) is 2. The lowest BCUT2D eigenvalue weighted by Crippen LogP contribution is -3.11. The maximum atomic E-state index is 5.41. The molecule has 0 unspecified atom stereocenters. The third-order valence-electron chi connectivity index (χ3n) is 3.42. The molecule has 0 saturated carbocycles. The number of hydrogen-bond donors (Lipinski definition) is 3. The minimum Gasteiger partial charge on any atom is -0.494 e. The third-order valence-corrected chi connectivity index (χ3v) is 3.66. The largest absolute Gasteiger partial charge is 0.494 e. The van der Waals surface area contributed by atoms with Crippen LogP contribution in [0.3, 0.4) is 0 Å². The van der Waals surface area contributed by atoms with Gasteiger partial charge in [-0.2, -0.15) is 0 Å². The van der Waals surface area contributed by atoms with Crippen LogP contribution in [0.4, 0.5) is 5.69 Å². The van der Waals surface area contributed by atoms with Crippen molar-refractivity contribution in [2.45, 2.75) is 27.2 Å². The van der Waals surface area contributed by atoms with E-state index in [1.54, 1.807) is 4.90 Å². The highest BCUT2D eigenvalue weighted by molar-refractivity contribution is 7.80. The van der Waals surface area contributed by atoms with Crippen molar-refractivity contribution in [3.63, 3.8) is 0 Å². The molecule has 0 amide bonds. The number of nitrogens with one attached hydrogen (secondary N) is 3. The predicted octanol–water partition coefficient (Wildman–Crippen LogP) is 1.69. The first kappa shape index (κ1) is 17.7. The number of thiocarbonyl (C=S) groups is 1. The molecular formula is C16H28N3OS+. The number of rotatable bonds is 9. The highest BCUT2D eigenvalue weighted by atomic mass is 32.1. The van der Waals surface area contributed by atoms with Gasteiger partial charge in [0.2, 0.25) is 0 Å². The monoisotopic (exact) mass is 310 g/mol. The fourth-order valence-electron chi connectivity index (χ4n) is 2.12. The van der Waals surface area contributed by atoms with Crippen LogP contribution in [-0.4, -0.2) is 37.9 Å². The SMILES string of the molecule is CCOc1ccc(NC(=S)NCCC[NH+](CC)CC)cc1. The zero-order valence-corrected chi connectivity index (χ0v) is 14.2. The first-order valence-corrected chi connectivity index (χ1v) is 8.21. The van der Waals surface area contributed by atoms with Crippen LogP contribution in [0.5, 0.6) is 5.75 Å². The lowest BCUT2D eigenvalue weighted by Gasteiger charge is -2.16. The van der Waals surface area contributed by atoms with Gasteiger partial charge in [0.05, 0.1) is 26.2 Å². The Bertz CT molecular complexity index is 404. The molecule has 3 N–H and O–H groups in total. The van der Waals surface area contributed by atoms with Crippen LogP contribution in [0, 0.1) is 0 Å². The maximum absolute atomic E-state index is 5.41. The molecule has 0 aliphatic heterocycles. The predicted molar refractivity (Wildman–Crippen MR) is 93.4 cm³/mol. The van der Waals surface area contributed by atoms with Crippen molar-refractivity contribution >= 4 is 23.0 Å². The summed E-state index contributed by atoms with van der Waals surface area (Å²) in [6, 6.07) is 7.83. The molecule has 4 nitrogen and oxygen atoms in total. The number of benzene rings is 1. The van der Waals surface area contributed by atoms with Gasteiger partial charge in [0.25, 0.3) is 0 Å². The molecule has 0 fully saturated rings. The highest BCUT2D eigenvalue weighted by Crippen LogP contribution is 2.15. The molecule has 0 atom stereocenters. The second kappa shape index (κ2) is 10.4. The van der Waals surface area contributed by atoms with E-state index in [2.05, 4.69) is 24.5 Å². The first-order valence-electron chi connectivity index (χ1n) is 7.80. The van der Waals surface area contributed by atoms with E-state index in [4.69, 9.17) is 17.0 Å². The summed E-state index contributed by atoms with van der Waals surface area (Å²) in [5.74, 6) is 0.879. The molecule has 0 aromatic heterocycles. The standard InChI is InChI=1S/C16H27N3OS/c1-4-19(5-2)13-7-12-17-16(21)18-14-8-10-15(11-9-14)20-6-3/h8-11H,4-7,12-13H2,1-3H3,(H2,17,18,21)/p+1. The Morgan fingerprint density at radius 2 is 1.81 bits per heavy atom. The van der Waals surface area contributed by atoms with Gasteiger partial charge in [-0.05, 0) is 57.3 Å². The second-order valence-corrected chi connectivity index (χ2v) is 5.31. The number of anilines is 1. The van der Waals surface area contributed by atoms with Crippen LogP contribution in [0.1, 0.15) is 27.2 Å².